The first-order valence-electron chi connectivity index (χ1n) is 17.5. The third-order valence-electron chi connectivity index (χ3n) is 9.05. The first kappa shape index (κ1) is 36.8. The maximum atomic E-state index is 13.9. The highest BCUT2D eigenvalue weighted by Gasteiger charge is 2.47. The van der Waals surface area contributed by atoms with Gasteiger partial charge in [0.2, 0.25) is 0 Å². The van der Waals surface area contributed by atoms with Crippen molar-refractivity contribution in [1.29, 1.82) is 0 Å². The second kappa shape index (κ2) is 18.5. The van der Waals surface area contributed by atoms with Gasteiger partial charge in [0, 0.05) is 5.56 Å². The van der Waals surface area contributed by atoms with Crippen LogP contribution in [0.4, 0.5) is 10.5 Å². The monoisotopic (exact) mass is 677 g/mol. The van der Waals surface area contributed by atoms with Crippen LogP contribution in [0.2, 0.25) is 5.02 Å². The first-order valence-corrected chi connectivity index (χ1v) is 17.8. The van der Waals surface area contributed by atoms with Gasteiger partial charge in [-0.05, 0) is 68.4 Å². The highest BCUT2D eigenvalue weighted by Crippen LogP contribution is 2.30. The predicted molar refractivity (Wildman–Crippen MR) is 187 cm³/mol. The third kappa shape index (κ3) is 9.78. The normalized spacial score (nSPS) is 15.4. The Morgan fingerprint density at radius 2 is 1.54 bits per heavy atom. The number of ether oxygens (including phenoxy) is 1. The lowest BCUT2D eigenvalue weighted by molar-refractivity contribution is -0.129. The number of anilines is 1. The van der Waals surface area contributed by atoms with Crippen molar-refractivity contribution < 1.29 is 28.7 Å². The average Bonchev–Trinajstić information content (AvgIpc) is 3.38. The molecule has 1 unspecified atom stereocenters. The summed E-state index contributed by atoms with van der Waals surface area (Å²) in [7, 11) is 0. The molecule has 1 heterocycles. The number of allylic oxidation sites excluding steroid dienone is 1. The quantitative estimate of drug-likeness (QED) is 0.0431. The molecule has 1 saturated heterocycles. The van der Waals surface area contributed by atoms with E-state index in [0.29, 0.717) is 23.3 Å². The summed E-state index contributed by atoms with van der Waals surface area (Å²) < 4.78 is 5.48. The molecule has 2 fully saturated rings. The minimum atomic E-state index is -1.82. The van der Waals surface area contributed by atoms with Crippen LogP contribution in [-0.4, -0.2) is 47.1 Å². The first-order chi connectivity index (χ1) is 23.2. The maximum Gasteiger partial charge on any atom is 0.338 e. The van der Waals surface area contributed by atoms with Gasteiger partial charge in [-0.25, -0.2) is 14.5 Å². The molecule has 2 N–H and O–H groups in total. The van der Waals surface area contributed by atoms with Gasteiger partial charge in [-0.15, -0.1) is 0 Å². The molecular formula is C38H48ClN3O6. The standard InChI is InChI=1S/C38H48ClN3O6/c1-3-4-5-6-7-8-9-10-11-17-24-48-37(46)28-22-23-30(39)31(25-28)40-35(44)33(34(43)29-21-16-15-18-26(29)2)42-36(45)32(41-38(42)47)27-19-13-12-14-20-27/h15-16,18,21-23,25,33H,3-14,17,19-20,24H2,1-2H3,(H,40,44)(H,41,47). The second-order valence-electron chi connectivity index (χ2n) is 12.7. The van der Waals surface area contributed by atoms with E-state index in [4.69, 9.17) is 16.3 Å². The number of nitrogens with one attached hydrogen (secondary N) is 2. The lowest BCUT2D eigenvalue weighted by atomic mass is 9.93. The van der Waals surface area contributed by atoms with Crippen molar-refractivity contribution >= 4 is 46.9 Å². The molecule has 2 aromatic rings. The molecule has 1 aliphatic carbocycles. The SMILES string of the molecule is CCCCCCCCCCCCOC(=O)c1ccc(Cl)c(NC(=O)C(C(=O)c2ccccc2C)N2C(=O)NC(=C3CCCCC3)C2=O)c1. The number of carbonyl (C=O) groups excluding carboxylic acids is 5. The van der Waals surface area contributed by atoms with Gasteiger partial charge in [0.15, 0.2) is 11.8 Å². The summed E-state index contributed by atoms with van der Waals surface area (Å²) >= 11 is 6.42. The summed E-state index contributed by atoms with van der Waals surface area (Å²) in [6, 6.07) is 8.33. The highest BCUT2D eigenvalue weighted by molar-refractivity contribution is 6.34. The Labute approximate surface area is 288 Å². The molecule has 9 nitrogen and oxygen atoms in total. The zero-order valence-electron chi connectivity index (χ0n) is 28.2. The van der Waals surface area contributed by atoms with Crippen LogP contribution in [0.5, 0.6) is 0 Å². The lowest BCUT2D eigenvalue weighted by Gasteiger charge is -2.24. The number of carbonyl (C=O) groups is 5. The van der Waals surface area contributed by atoms with E-state index in [1.807, 2.05) is 0 Å². The van der Waals surface area contributed by atoms with E-state index in [9.17, 15) is 24.0 Å². The number of nitrogens with zero attached hydrogens (tertiary/aromatic N) is 1. The lowest BCUT2D eigenvalue weighted by Crippen LogP contribution is -2.52. The molecule has 48 heavy (non-hydrogen) atoms. The average molecular weight is 678 g/mol. The molecule has 10 heteroatoms. The van der Waals surface area contributed by atoms with Gasteiger partial charge in [0.25, 0.3) is 11.8 Å². The number of halogens is 1. The minimum Gasteiger partial charge on any atom is -0.462 e. The summed E-state index contributed by atoms with van der Waals surface area (Å²) in [5.41, 5.74) is 1.96. The number of imide groups is 1. The number of rotatable bonds is 17. The number of aryl methyl sites for hydroxylation is 1. The topological polar surface area (TPSA) is 122 Å². The predicted octanol–water partition coefficient (Wildman–Crippen LogP) is 8.69. The zero-order chi connectivity index (χ0) is 34.5. The van der Waals surface area contributed by atoms with Crippen LogP contribution in [0.15, 0.2) is 53.7 Å². The van der Waals surface area contributed by atoms with Gasteiger partial charge in [0.1, 0.15) is 5.70 Å². The molecule has 2 aliphatic rings. The van der Waals surface area contributed by atoms with E-state index in [0.717, 1.165) is 44.1 Å². The molecular weight excluding hydrogens is 630 g/mol. The van der Waals surface area contributed by atoms with E-state index in [1.54, 1.807) is 31.2 Å². The summed E-state index contributed by atoms with van der Waals surface area (Å²) in [6.45, 7) is 4.21. The Kier molecular flexibility index (Phi) is 14.2. The van der Waals surface area contributed by atoms with Crippen molar-refractivity contribution in [3.05, 3.63) is 75.4 Å². The summed E-state index contributed by atoms with van der Waals surface area (Å²) in [6.07, 6.45) is 15.8. The highest BCUT2D eigenvalue weighted by atomic mass is 35.5. The Morgan fingerprint density at radius 1 is 0.896 bits per heavy atom. The van der Waals surface area contributed by atoms with Gasteiger partial charge in [-0.1, -0.05) is 107 Å². The molecule has 1 saturated carbocycles. The molecule has 4 rings (SSSR count). The number of ketones is 1. The van der Waals surface area contributed by atoms with Gasteiger partial charge in [0.05, 0.1) is 22.9 Å². The Morgan fingerprint density at radius 3 is 2.21 bits per heavy atom. The minimum absolute atomic E-state index is 0.0514. The number of amides is 4. The molecule has 258 valence electrons. The van der Waals surface area contributed by atoms with Gasteiger partial charge in [-0.3, -0.25) is 14.4 Å². The molecule has 2 aromatic carbocycles. The Balaban J connectivity index is 1.43. The van der Waals surface area contributed by atoms with E-state index in [1.165, 1.54) is 63.1 Å². The third-order valence-corrected chi connectivity index (χ3v) is 9.38. The molecule has 0 bridgehead atoms. The van der Waals surface area contributed by atoms with Crippen LogP contribution in [0, 0.1) is 6.92 Å². The largest absolute Gasteiger partial charge is 0.462 e. The van der Waals surface area contributed by atoms with Crippen LogP contribution in [0.3, 0.4) is 0 Å². The molecule has 1 aliphatic heterocycles. The number of urea groups is 1. The van der Waals surface area contributed by atoms with E-state index < -0.39 is 35.6 Å². The van der Waals surface area contributed by atoms with Crippen LogP contribution in [-0.2, 0) is 14.3 Å². The second-order valence-corrected chi connectivity index (χ2v) is 13.1. The Bertz CT molecular complexity index is 1510. The van der Waals surface area contributed by atoms with E-state index in [2.05, 4.69) is 17.6 Å². The van der Waals surface area contributed by atoms with Gasteiger partial charge >= 0.3 is 12.0 Å². The van der Waals surface area contributed by atoms with E-state index >= 15 is 0 Å². The van der Waals surface area contributed by atoms with Crippen LogP contribution in [0.1, 0.15) is 130 Å². The van der Waals surface area contributed by atoms with Gasteiger partial charge < -0.3 is 15.4 Å². The van der Waals surface area contributed by atoms with Gasteiger partial charge in [-0.2, -0.15) is 0 Å². The summed E-state index contributed by atoms with van der Waals surface area (Å²) in [4.78, 5) is 68.3. The fourth-order valence-electron chi connectivity index (χ4n) is 6.27. The van der Waals surface area contributed by atoms with Crippen LogP contribution >= 0.6 is 11.6 Å². The Hall–Kier alpha value is -3.98. The van der Waals surface area contributed by atoms with Crippen LogP contribution in [0.25, 0.3) is 0 Å². The van der Waals surface area contributed by atoms with E-state index in [-0.39, 0.29) is 34.1 Å². The number of esters is 1. The summed E-state index contributed by atoms with van der Waals surface area (Å²) in [5.74, 6) is -2.93. The van der Waals surface area contributed by atoms with Crippen molar-refractivity contribution in [2.45, 2.75) is 116 Å². The summed E-state index contributed by atoms with van der Waals surface area (Å²) in [5, 5.41) is 5.34. The van der Waals surface area contributed by atoms with Crippen molar-refractivity contribution in [3.8, 4) is 0 Å². The number of Topliss-reactive ketones (excluding diaryl/α,β-unsaturated/α-hetero) is 1. The van der Waals surface area contributed by atoms with Crippen molar-refractivity contribution in [2.75, 3.05) is 11.9 Å². The number of hydrogen-bond acceptors (Lipinski definition) is 6. The number of unbranched alkanes of at least 4 members (excludes halogenated alkanes) is 9. The molecule has 0 aromatic heterocycles. The fourth-order valence-corrected chi connectivity index (χ4v) is 6.44. The van der Waals surface area contributed by atoms with Crippen molar-refractivity contribution in [3.63, 3.8) is 0 Å². The molecule has 1 atom stereocenters. The maximum absolute atomic E-state index is 13.9. The number of hydrogen-bond donors (Lipinski definition) is 2. The number of benzene rings is 2. The smallest absolute Gasteiger partial charge is 0.338 e. The van der Waals surface area contributed by atoms with Crippen LogP contribution < -0.4 is 10.6 Å². The fraction of sp³-hybridized carbons (Fsp3) is 0.500. The molecule has 0 radical (unpaired) electrons. The molecule has 4 amide bonds. The zero-order valence-corrected chi connectivity index (χ0v) is 29.0. The molecule has 0 spiro atoms. The van der Waals surface area contributed by atoms with Crippen molar-refractivity contribution in [2.24, 2.45) is 0 Å². The van der Waals surface area contributed by atoms with Crippen molar-refractivity contribution in [1.82, 2.24) is 10.2 Å².